The fourth-order valence-corrected chi connectivity index (χ4v) is 1.19. The fraction of sp³-hybridized carbons (Fsp3) is 0.583. The van der Waals surface area contributed by atoms with Crippen LogP contribution in [0.4, 0.5) is 0 Å². The second-order valence-corrected chi connectivity index (χ2v) is 3.63. The Morgan fingerprint density at radius 1 is 1.06 bits per heavy atom. The molecule has 0 N–H and O–H groups in total. The van der Waals surface area contributed by atoms with E-state index in [2.05, 4.69) is 4.74 Å². The summed E-state index contributed by atoms with van der Waals surface area (Å²) in [6.45, 7) is 4.19. The van der Waals surface area contributed by atoms with Crippen molar-refractivity contribution in [2.45, 2.75) is 39.4 Å². The molecule has 0 aliphatic heterocycles. The van der Waals surface area contributed by atoms with Gasteiger partial charge in [0.2, 0.25) is 0 Å². The zero-order valence-electron chi connectivity index (χ0n) is 11.0. The lowest BCUT2D eigenvalue weighted by molar-refractivity contribution is -0.150. The predicted molar refractivity (Wildman–Crippen MR) is 62.6 cm³/mol. The van der Waals surface area contributed by atoms with Gasteiger partial charge in [0, 0.05) is 13.8 Å². The molecule has 2 atom stereocenters. The van der Waals surface area contributed by atoms with E-state index in [4.69, 9.17) is 9.47 Å². The molecule has 0 saturated carbocycles. The number of rotatable bonds is 6. The van der Waals surface area contributed by atoms with Gasteiger partial charge in [-0.25, -0.2) is 0 Å². The van der Waals surface area contributed by atoms with Gasteiger partial charge in [0.25, 0.3) is 0 Å². The number of carbonyl (C=O) groups is 3. The van der Waals surface area contributed by atoms with Crippen LogP contribution in [-0.2, 0) is 28.6 Å². The Labute approximate surface area is 106 Å². The van der Waals surface area contributed by atoms with Gasteiger partial charge in [0.15, 0.2) is 0 Å². The Balaban J connectivity index is 4.46. The molecule has 0 aromatic carbocycles. The van der Waals surface area contributed by atoms with Crippen LogP contribution in [0.1, 0.15) is 27.2 Å². The summed E-state index contributed by atoms with van der Waals surface area (Å²) in [5.74, 6) is -1.41. The normalized spacial score (nSPS) is 13.8. The number of hydrogen-bond donors (Lipinski definition) is 0. The van der Waals surface area contributed by atoms with Crippen LogP contribution < -0.4 is 0 Å². The third-order valence-electron chi connectivity index (χ3n) is 1.86. The molecule has 0 aliphatic rings. The molecule has 0 aliphatic carbocycles. The molecule has 0 rings (SSSR count). The number of ether oxygens (including phenoxy) is 3. The first-order chi connectivity index (χ1) is 8.35. The van der Waals surface area contributed by atoms with Crippen molar-refractivity contribution in [2.75, 3.05) is 7.11 Å². The molecule has 6 nitrogen and oxygen atoms in total. The maximum atomic E-state index is 11.1. The number of hydrogen-bond acceptors (Lipinski definition) is 6. The van der Waals surface area contributed by atoms with Gasteiger partial charge in [-0.15, -0.1) is 0 Å². The lowest BCUT2D eigenvalue weighted by Crippen LogP contribution is -2.20. The summed E-state index contributed by atoms with van der Waals surface area (Å²) >= 11 is 0. The van der Waals surface area contributed by atoms with E-state index in [0.29, 0.717) is 0 Å². The summed E-state index contributed by atoms with van der Waals surface area (Å²) in [5.41, 5.74) is 0. The molecule has 2 unspecified atom stereocenters. The first-order valence-corrected chi connectivity index (χ1v) is 5.44. The summed E-state index contributed by atoms with van der Waals surface area (Å²) in [6, 6.07) is 0. The van der Waals surface area contributed by atoms with Gasteiger partial charge in [-0.05, 0) is 19.1 Å². The largest absolute Gasteiger partial charge is 0.469 e. The molecule has 0 spiro atoms. The van der Waals surface area contributed by atoms with Gasteiger partial charge in [-0.2, -0.15) is 0 Å². The van der Waals surface area contributed by atoms with Gasteiger partial charge in [-0.3, -0.25) is 14.4 Å². The van der Waals surface area contributed by atoms with E-state index in [-0.39, 0.29) is 6.42 Å². The van der Waals surface area contributed by atoms with Crippen molar-refractivity contribution >= 4 is 17.9 Å². The molecule has 0 heterocycles. The molecular weight excluding hydrogens is 240 g/mol. The molecule has 0 aromatic rings. The quantitative estimate of drug-likeness (QED) is 0.401. The van der Waals surface area contributed by atoms with Gasteiger partial charge in [-0.1, -0.05) is 0 Å². The molecule has 102 valence electrons. The molecule has 0 saturated heterocycles. The standard InChI is InChI=1S/C12H18O6/c1-8(17-9(2)13)5-6-11(18-10(3)14)7-12(15)16-4/h5-6,8,11H,7H2,1-4H3/b6-5+. The monoisotopic (exact) mass is 258 g/mol. The second kappa shape index (κ2) is 8.27. The van der Waals surface area contributed by atoms with Crippen LogP contribution in [0.3, 0.4) is 0 Å². The zero-order chi connectivity index (χ0) is 14.1. The number of carbonyl (C=O) groups excluding carboxylic acids is 3. The number of methoxy groups -OCH3 is 1. The van der Waals surface area contributed by atoms with E-state index in [1.54, 1.807) is 6.92 Å². The van der Waals surface area contributed by atoms with Crippen molar-refractivity contribution in [1.82, 2.24) is 0 Å². The first-order valence-electron chi connectivity index (χ1n) is 5.44. The molecule has 0 radical (unpaired) electrons. The SMILES string of the molecule is COC(=O)CC(/C=C/C(C)OC(C)=O)OC(C)=O. The van der Waals surface area contributed by atoms with Crippen molar-refractivity contribution in [3.8, 4) is 0 Å². The highest BCUT2D eigenvalue weighted by atomic mass is 16.6. The Morgan fingerprint density at radius 3 is 2.06 bits per heavy atom. The first kappa shape index (κ1) is 16.1. The smallest absolute Gasteiger partial charge is 0.309 e. The van der Waals surface area contributed by atoms with E-state index in [1.165, 1.54) is 33.1 Å². The summed E-state index contributed by atoms with van der Waals surface area (Å²) in [7, 11) is 1.25. The molecular formula is C12H18O6. The van der Waals surface area contributed by atoms with Gasteiger partial charge >= 0.3 is 17.9 Å². The van der Waals surface area contributed by atoms with Crippen LogP contribution in [0.25, 0.3) is 0 Å². The Morgan fingerprint density at radius 2 is 1.61 bits per heavy atom. The Hall–Kier alpha value is -1.85. The van der Waals surface area contributed by atoms with E-state index < -0.39 is 30.1 Å². The molecule has 0 bridgehead atoms. The van der Waals surface area contributed by atoms with Gasteiger partial charge in [0.05, 0.1) is 13.5 Å². The van der Waals surface area contributed by atoms with E-state index >= 15 is 0 Å². The minimum Gasteiger partial charge on any atom is -0.469 e. The highest BCUT2D eigenvalue weighted by Crippen LogP contribution is 2.05. The van der Waals surface area contributed by atoms with Crippen LogP contribution in [0.2, 0.25) is 0 Å². The van der Waals surface area contributed by atoms with Crippen molar-refractivity contribution in [3.05, 3.63) is 12.2 Å². The summed E-state index contributed by atoms with van der Waals surface area (Å²) in [4.78, 5) is 32.6. The van der Waals surface area contributed by atoms with Gasteiger partial charge < -0.3 is 14.2 Å². The maximum Gasteiger partial charge on any atom is 0.309 e. The average molecular weight is 258 g/mol. The van der Waals surface area contributed by atoms with Crippen molar-refractivity contribution in [2.24, 2.45) is 0 Å². The minimum atomic E-state index is -0.729. The summed E-state index contributed by atoms with van der Waals surface area (Å²) in [5, 5.41) is 0. The van der Waals surface area contributed by atoms with Crippen molar-refractivity contribution in [1.29, 1.82) is 0 Å². The minimum absolute atomic E-state index is 0.0840. The van der Waals surface area contributed by atoms with E-state index in [0.717, 1.165) is 0 Å². The lowest BCUT2D eigenvalue weighted by Gasteiger charge is -2.13. The van der Waals surface area contributed by atoms with Crippen LogP contribution in [0, 0.1) is 0 Å². The maximum absolute atomic E-state index is 11.1. The van der Waals surface area contributed by atoms with E-state index in [9.17, 15) is 14.4 Å². The topological polar surface area (TPSA) is 78.9 Å². The second-order valence-electron chi connectivity index (χ2n) is 3.63. The fourth-order valence-electron chi connectivity index (χ4n) is 1.19. The highest BCUT2D eigenvalue weighted by Gasteiger charge is 2.14. The van der Waals surface area contributed by atoms with Crippen molar-refractivity contribution < 1.29 is 28.6 Å². The number of esters is 3. The highest BCUT2D eigenvalue weighted by molar-refractivity contribution is 5.71. The molecule has 0 aromatic heterocycles. The summed E-state index contributed by atoms with van der Waals surface area (Å²) in [6.07, 6.45) is 1.76. The Bertz CT molecular complexity index is 333. The third-order valence-corrected chi connectivity index (χ3v) is 1.86. The van der Waals surface area contributed by atoms with Crippen LogP contribution in [-0.4, -0.2) is 37.2 Å². The molecule has 0 fully saturated rings. The van der Waals surface area contributed by atoms with Crippen molar-refractivity contribution in [3.63, 3.8) is 0 Å². The molecule has 0 amide bonds. The third kappa shape index (κ3) is 8.32. The molecule has 6 heteroatoms. The lowest BCUT2D eigenvalue weighted by atomic mass is 10.2. The average Bonchev–Trinajstić information content (AvgIpc) is 2.24. The predicted octanol–water partition coefficient (Wildman–Crippen LogP) is 0.989. The zero-order valence-corrected chi connectivity index (χ0v) is 11.0. The Kier molecular flexibility index (Phi) is 7.42. The van der Waals surface area contributed by atoms with Gasteiger partial charge in [0.1, 0.15) is 12.2 Å². The molecule has 18 heavy (non-hydrogen) atoms. The van der Waals surface area contributed by atoms with E-state index in [1.807, 2.05) is 0 Å². The van der Waals surface area contributed by atoms with Crippen LogP contribution >= 0.6 is 0 Å². The van der Waals surface area contributed by atoms with Crippen LogP contribution in [0.5, 0.6) is 0 Å². The van der Waals surface area contributed by atoms with Crippen LogP contribution in [0.15, 0.2) is 12.2 Å². The summed E-state index contributed by atoms with van der Waals surface area (Å²) < 4.78 is 14.2.